The molecule has 2 aromatic rings. The first kappa shape index (κ1) is 22.8. The summed E-state index contributed by atoms with van der Waals surface area (Å²) in [5, 5.41) is 1.62. The molecule has 1 aliphatic heterocycles. The zero-order valence-electron chi connectivity index (χ0n) is 18.8. The number of carbonyl (C=O) groups excluding carboxylic acids is 2. The summed E-state index contributed by atoms with van der Waals surface area (Å²) in [5.74, 6) is 0.367. The number of benzene rings is 1. The van der Waals surface area contributed by atoms with Gasteiger partial charge in [0.25, 0.3) is 5.91 Å². The average molecular weight is 459 g/mol. The van der Waals surface area contributed by atoms with Crippen LogP contribution in [0.1, 0.15) is 48.3 Å². The van der Waals surface area contributed by atoms with Gasteiger partial charge in [0.05, 0.1) is 17.1 Å². The van der Waals surface area contributed by atoms with E-state index in [1.54, 1.807) is 4.90 Å². The third-order valence-corrected chi connectivity index (χ3v) is 6.98. The second kappa shape index (κ2) is 9.63. The Balaban J connectivity index is 1.53. The molecule has 0 spiro atoms. The number of nitrogens with zero attached hydrogens (tertiary/aromatic N) is 3. The number of ether oxygens (including phenoxy) is 1. The van der Waals surface area contributed by atoms with Crippen molar-refractivity contribution >= 4 is 34.5 Å². The summed E-state index contributed by atoms with van der Waals surface area (Å²) in [4.78, 5) is 33.8. The summed E-state index contributed by atoms with van der Waals surface area (Å²) in [7, 11) is 0. The number of fused-ring (bicyclic) bond motifs is 2. The number of carbonyl (C=O) groups is 2. The highest BCUT2D eigenvalue weighted by Gasteiger charge is 2.31. The first-order valence-corrected chi connectivity index (χ1v) is 11.8. The van der Waals surface area contributed by atoms with Gasteiger partial charge < -0.3 is 20.3 Å². The number of piperazine rings is 1. The Labute approximate surface area is 193 Å². The van der Waals surface area contributed by atoms with Gasteiger partial charge in [0, 0.05) is 42.3 Å². The predicted octanol–water partition coefficient (Wildman–Crippen LogP) is 3.64. The summed E-state index contributed by atoms with van der Waals surface area (Å²) in [6.07, 6.45) is 3.23. The molecular formula is C24H31ClN4O3. The molecule has 1 fully saturated rings. The second-order valence-corrected chi connectivity index (χ2v) is 9.21. The Morgan fingerprint density at radius 3 is 2.84 bits per heavy atom. The van der Waals surface area contributed by atoms with Crippen LogP contribution in [-0.2, 0) is 17.6 Å². The van der Waals surface area contributed by atoms with E-state index in [9.17, 15) is 9.59 Å². The van der Waals surface area contributed by atoms with Crippen molar-refractivity contribution in [2.24, 2.45) is 11.7 Å². The van der Waals surface area contributed by atoms with Gasteiger partial charge in [-0.15, -0.1) is 0 Å². The molecule has 2 N–H and O–H groups in total. The standard InChI is InChI=1S/C24H31ClN4O3/c1-3-10-32-24(31)28-8-9-29(15(2)14-28)23(30)17-5-7-19-21(12-17)27-20-11-16(13-26)4-6-18(20)22(19)25/h5,7,12,15-16H,3-4,6,8-11,13-14,26H2,1-2H3/t15-,16?/m1/s1. The maximum Gasteiger partial charge on any atom is 0.409 e. The fraction of sp³-hybridized carbons (Fsp3) is 0.542. The van der Waals surface area contributed by atoms with Crippen molar-refractivity contribution in [3.8, 4) is 0 Å². The smallest absolute Gasteiger partial charge is 0.409 e. The van der Waals surface area contributed by atoms with Gasteiger partial charge in [0.1, 0.15) is 0 Å². The van der Waals surface area contributed by atoms with Gasteiger partial charge in [0.2, 0.25) is 0 Å². The van der Waals surface area contributed by atoms with Gasteiger partial charge in [-0.2, -0.15) is 0 Å². The Hall–Kier alpha value is -2.38. The molecule has 0 radical (unpaired) electrons. The molecule has 1 unspecified atom stereocenters. The van der Waals surface area contributed by atoms with Crippen molar-refractivity contribution in [3.63, 3.8) is 0 Å². The lowest BCUT2D eigenvalue weighted by atomic mass is 9.86. The van der Waals surface area contributed by atoms with E-state index in [-0.39, 0.29) is 18.0 Å². The van der Waals surface area contributed by atoms with Crippen LogP contribution in [0.4, 0.5) is 4.79 Å². The lowest BCUT2D eigenvalue weighted by Crippen LogP contribution is -2.55. The summed E-state index contributed by atoms with van der Waals surface area (Å²) < 4.78 is 5.23. The first-order chi connectivity index (χ1) is 15.4. The lowest BCUT2D eigenvalue weighted by molar-refractivity contribution is 0.0414. The van der Waals surface area contributed by atoms with Gasteiger partial charge in [-0.05, 0) is 62.8 Å². The van der Waals surface area contributed by atoms with E-state index in [1.165, 1.54) is 0 Å². The number of hydrogen-bond acceptors (Lipinski definition) is 5. The van der Waals surface area contributed by atoms with E-state index in [0.29, 0.717) is 44.3 Å². The number of halogens is 1. The van der Waals surface area contributed by atoms with Crippen LogP contribution >= 0.6 is 11.6 Å². The molecule has 7 nitrogen and oxygen atoms in total. The van der Waals surface area contributed by atoms with Gasteiger partial charge in [-0.3, -0.25) is 9.78 Å². The lowest BCUT2D eigenvalue weighted by Gasteiger charge is -2.39. The zero-order valence-corrected chi connectivity index (χ0v) is 19.5. The van der Waals surface area contributed by atoms with Gasteiger partial charge in [0.15, 0.2) is 0 Å². The van der Waals surface area contributed by atoms with Crippen LogP contribution in [-0.4, -0.2) is 65.6 Å². The molecule has 2 atom stereocenters. The average Bonchev–Trinajstić information content (AvgIpc) is 2.81. The summed E-state index contributed by atoms with van der Waals surface area (Å²) in [5.41, 5.74) is 9.32. The highest BCUT2D eigenvalue weighted by atomic mass is 35.5. The summed E-state index contributed by atoms with van der Waals surface area (Å²) in [6, 6.07) is 5.46. The molecule has 1 saturated heterocycles. The molecule has 0 saturated carbocycles. The van der Waals surface area contributed by atoms with Crippen LogP contribution in [0.2, 0.25) is 5.02 Å². The van der Waals surface area contributed by atoms with E-state index >= 15 is 0 Å². The van der Waals surface area contributed by atoms with Gasteiger partial charge in [-0.1, -0.05) is 24.6 Å². The molecule has 2 amide bonds. The van der Waals surface area contributed by atoms with Crippen molar-refractivity contribution in [1.29, 1.82) is 0 Å². The van der Waals surface area contributed by atoms with Gasteiger partial charge >= 0.3 is 6.09 Å². The molecule has 1 aromatic heterocycles. The fourth-order valence-corrected chi connectivity index (χ4v) is 5.03. The second-order valence-electron chi connectivity index (χ2n) is 8.84. The summed E-state index contributed by atoms with van der Waals surface area (Å²) >= 11 is 6.72. The minimum atomic E-state index is -0.309. The Bertz CT molecular complexity index is 1030. The molecule has 1 aliphatic carbocycles. The van der Waals surface area contributed by atoms with E-state index in [2.05, 4.69) is 0 Å². The highest BCUT2D eigenvalue weighted by molar-refractivity contribution is 6.36. The van der Waals surface area contributed by atoms with Crippen LogP contribution in [0, 0.1) is 5.92 Å². The van der Waals surface area contributed by atoms with Crippen molar-refractivity contribution in [1.82, 2.24) is 14.8 Å². The molecule has 172 valence electrons. The molecule has 0 bridgehead atoms. The normalized spacial score (nSPS) is 20.9. The monoisotopic (exact) mass is 458 g/mol. The van der Waals surface area contributed by atoms with Crippen molar-refractivity contribution in [3.05, 3.63) is 40.0 Å². The quantitative estimate of drug-likeness (QED) is 0.755. The summed E-state index contributed by atoms with van der Waals surface area (Å²) in [6.45, 7) is 6.36. The molecule has 4 rings (SSSR count). The molecule has 2 heterocycles. The molecular weight excluding hydrogens is 428 g/mol. The SMILES string of the molecule is CCCOC(=O)N1CCN(C(=O)c2ccc3c(Cl)c4c(nc3c2)CC(CN)CC4)[C@H](C)C1. The minimum absolute atomic E-state index is 0.0588. The van der Waals surface area contributed by atoms with E-state index in [4.69, 9.17) is 27.1 Å². The number of rotatable bonds is 4. The van der Waals surface area contributed by atoms with E-state index in [1.807, 2.05) is 36.9 Å². The molecule has 32 heavy (non-hydrogen) atoms. The fourth-order valence-electron chi connectivity index (χ4n) is 4.66. The largest absolute Gasteiger partial charge is 0.449 e. The number of pyridine rings is 1. The topological polar surface area (TPSA) is 88.8 Å². The Morgan fingerprint density at radius 1 is 1.31 bits per heavy atom. The van der Waals surface area contributed by atoms with E-state index < -0.39 is 0 Å². The maximum absolute atomic E-state index is 13.3. The highest BCUT2D eigenvalue weighted by Crippen LogP contribution is 2.35. The third-order valence-electron chi connectivity index (χ3n) is 6.54. The first-order valence-electron chi connectivity index (χ1n) is 11.5. The van der Waals surface area contributed by atoms with Crippen LogP contribution in [0.25, 0.3) is 10.9 Å². The number of hydrogen-bond donors (Lipinski definition) is 1. The van der Waals surface area contributed by atoms with Crippen molar-refractivity contribution in [2.45, 2.75) is 45.6 Å². The maximum atomic E-state index is 13.3. The molecule has 2 aliphatic rings. The van der Waals surface area contributed by atoms with Crippen LogP contribution < -0.4 is 5.73 Å². The predicted molar refractivity (Wildman–Crippen MR) is 125 cm³/mol. The Morgan fingerprint density at radius 2 is 2.12 bits per heavy atom. The molecule has 8 heteroatoms. The zero-order chi connectivity index (χ0) is 22.8. The number of nitrogens with two attached hydrogens (primary N) is 1. The van der Waals surface area contributed by atoms with Crippen LogP contribution in [0.5, 0.6) is 0 Å². The third kappa shape index (κ3) is 4.41. The van der Waals surface area contributed by atoms with E-state index in [0.717, 1.165) is 52.9 Å². The van der Waals surface area contributed by atoms with Crippen LogP contribution in [0.15, 0.2) is 18.2 Å². The van der Waals surface area contributed by atoms with Crippen LogP contribution in [0.3, 0.4) is 0 Å². The van der Waals surface area contributed by atoms with Crippen molar-refractivity contribution in [2.75, 3.05) is 32.8 Å². The number of amides is 2. The van der Waals surface area contributed by atoms with Gasteiger partial charge in [-0.25, -0.2) is 4.79 Å². The molecule has 1 aromatic carbocycles. The minimum Gasteiger partial charge on any atom is -0.449 e. The Kier molecular flexibility index (Phi) is 6.86. The van der Waals surface area contributed by atoms with Crippen molar-refractivity contribution < 1.29 is 14.3 Å². The number of aromatic nitrogens is 1.